The van der Waals surface area contributed by atoms with E-state index in [2.05, 4.69) is 0 Å². The first-order valence-corrected chi connectivity index (χ1v) is 5.38. The van der Waals surface area contributed by atoms with Gasteiger partial charge in [-0.25, -0.2) is 4.39 Å². The van der Waals surface area contributed by atoms with E-state index in [0.717, 1.165) is 5.56 Å². The summed E-state index contributed by atoms with van der Waals surface area (Å²) in [4.78, 5) is 10.2. The number of aliphatic carboxylic acids is 1. The number of hydrogen-bond acceptors (Lipinski definition) is 2. The number of hydrogen-bond donors (Lipinski definition) is 1. The molecule has 0 aliphatic heterocycles. The summed E-state index contributed by atoms with van der Waals surface area (Å²) in [6.45, 7) is 0. The molecular weight excluding hydrogens is 203 g/mol. The van der Waals surface area contributed by atoms with Crippen molar-refractivity contribution in [2.24, 2.45) is 0 Å². The highest BCUT2D eigenvalue weighted by atomic mass is 32.2. The van der Waals surface area contributed by atoms with Crippen LogP contribution in [0.3, 0.4) is 0 Å². The van der Waals surface area contributed by atoms with Gasteiger partial charge in [-0.05, 0) is 17.7 Å². The van der Waals surface area contributed by atoms with Crippen molar-refractivity contribution in [2.45, 2.75) is 12.2 Å². The molecule has 0 amide bonds. The molecule has 0 heterocycles. The van der Waals surface area contributed by atoms with Gasteiger partial charge < -0.3 is 5.11 Å². The molecule has 0 aliphatic rings. The van der Waals surface area contributed by atoms with Crippen LogP contribution in [0.1, 0.15) is 12.0 Å². The zero-order chi connectivity index (χ0) is 10.4. The van der Waals surface area contributed by atoms with E-state index in [1.54, 1.807) is 6.07 Å². The first-order valence-electron chi connectivity index (χ1n) is 4.22. The van der Waals surface area contributed by atoms with Gasteiger partial charge in [-0.2, -0.15) is 11.8 Å². The van der Waals surface area contributed by atoms with Crippen molar-refractivity contribution in [2.75, 3.05) is 5.75 Å². The lowest BCUT2D eigenvalue weighted by Gasteiger charge is -2.00. The number of halogens is 1. The van der Waals surface area contributed by atoms with Crippen molar-refractivity contribution in [1.82, 2.24) is 0 Å². The lowest BCUT2D eigenvalue weighted by Crippen LogP contribution is -1.96. The number of carboxylic acids is 1. The summed E-state index contributed by atoms with van der Waals surface area (Å²) in [7, 11) is 0. The summed E-state index contributed by atoms with van der Waals surface area (Å²) < 4.78 is 12.7. The van der Waals surface area contributed by atoms with Gasteiger partial charge in [-0.3, -0.25) is 4.79 Å². The normalized spacial score (nSPS) is 10.1. The second-order valence-corrected chi connectivity index (χ2v) is 3.93. The minimum Gasteiger partial charge on any atom is -0.481 e. The van der Waals surface area contributed by atoms with Crippen molar-refractivity contribution >= 4 is 17.7 Å². The minimum atomic E-state index is -0.795. The van der Waals surface area contributed by atoms with Crippen molar-refractivity contribution < 1.29 is 14.3 Å². The summed E-state index contributed by atoms with van der Waals surface area (Å²) in [6, 6.07) is 6.35. The topological polar surface area (TPSA) is 37.3 Å². The molecule has 0 aliphatic carbocycles. The van der Waals surface area contributed by atoms with Crippen LogP contribution in [0.4, 0.5) is 4.39 Å². The van der Waals surface area contributed by atoms with Crippen LogP contribution in [0.25, 0.3) is 0 Å². The highest BCUT2D eigenvalue weighted by Gasteiger charge is 1.98. The molecule has 76 valence electrons. The van der Waals surface area contributed by atoms with Crippen LogP contribution in [0.15, 0.2) is 24.3 Å². The van der Waals surface area contributed by atoms with E-state index < -0.39 is 5.97 Å². The van der Waals surface area contributed by atoms with Gasteiger partial charge in [0.05, 0.1) is 6.42 Å². The summed E-state index contributed by atoms with van der Waals surface area (Å²) in [5.74, 6) is 0.176. The Labute approximate surface area is 86.1 Å². The second-order valence-electron chi connectivity index (χ2n) is 2.83. The first-order chi connectivity index (χ1) is 6.68. The average Bonchev–Trinajstić information content (AvgIpc) is 2.12. The van der Waals surface area contributed by atoms with Crippen molar-refractivity contribution in [1.29, 1.82) is 0 Å². The Balaban J connectivity index is 2.28. The highest BCUT2D eigenvalue weighted by Crippen LogP contribution is 2.13. The third kappa shape index (κ3) is 4.28. The molecule has 0 saturated carbocycles. The van der Waals surface area contributed by atoms with Crippen LogP contribution >= 0.6 is 11.8 Å². The Bertz CT molecular complexity index is 315. The van der Waals surface area contributed by atoms with Crippen molar-refractivity contribution in [3.8, 4) is 0 Å². The zero-order valence-corrected chi connectivity index (χ0v) is 8.39. The molecule has 0 saturated heterocycles. The van der Waals surface area contributed by atoms with Crippen LogP contribution < -0.4 is 0 Å². The summed E-state index contributed by atoms with van der Waals surface area (Å²) in [5, 5.41) is 8.38. The molecule has 0 unspecified atom stereocenters. The standard InChI is InChI=1S/C10H11FO2S/c11-9-3-1-2-8(6-9)7-14-5-4-10(12)13/h1-3,6H,4-5,7H2,(H,12,13). The molecular formula is C10H11FO2S. The lowest BCUT2D eigenvalue weighted by atomic mass is 10.2. The molecule has 1 aromatic carbocycles. The lowest BCUT2D eigenvalue weighted by molar-refractivity contribution is -0.136. The number of carboxylic acid groups (broad SMARTS) is 1. The van der Waals surface area contributed by atoms with E-state index in [4.69, 9.17) is 5.11 Å². The van der Waals surface area contributed by atoms with Crippen molar-refractivity contribution in [3.05, 3.63) is 35.6 Å². The maximum Gasteiger partial charge on any atom is 0.304 e. The Morgan fingerprint density at radius 2 is 2.29 bits per heavy atom. The molecule has 0 atom stereocenters. The molecule has 1 rings (SSSR count). The third-order valence-electron chi connectivity index (χ3n) is 1.62. The summed E-state index contributed by atoms with van der Waals surface area (Å²) in [5.41, 5.74) is 0.889. The maximum atomic E-state index is 12.7. The molecule has 0 bridgehead atoms. The monoisotopic (exact) mass is 214 g/mol. The van der Waals surface area contributed by atoms with Gasteiger partial charge in [-0.1, -0.05) is 12.1 Å². The van der Waals surface area contributed by atoms with E-state index in [-0.39, 0.29) is 12.2 Å². The smallest absolute Gasteiger partial charge is 0.304 e. The largest absolute Gasteiger partial charge is 0.481 e. The SMILES string of the molecule is O=C(O)CCSCc1cccc(F)c1. The van der Waals surface area contributed by atoms with Crippen LogP contribution in [0.5, 0.6) is 0 Å². The molecule has 2 nitrogen and oxygen atoms in total. The van der Waals surface area contributed by atoms with Crippen LogP contribution in [-0.2, 0) is 10.5 Å². The highest BCUT2D eigenvalue weighted by molar-refractivity contribution is 7.98. The van der Waals surface area contributed by atoms with Crippen LogP contribution in [-0.4, -0.2) is 16.8 Å². The van der Waals surface area contributed by atoms with E-state index in [9.17, 15) is 9.18 Å². The number of carbonyl (C=O) groups is 1. The fourth-order valence-corrected chi connectivity index (χ4v) is 1.85. The van der Waals surface area contributed by atoms with Crippen molar-refractivity contribution in [3.63, 3.8) is 0 Å². The Morgan fingerprint density at radius 1 is 1.50 bits per heavy atom. The minimum absolute atomic E-state index is 0.153. The van der Waals surface area contributed by atoms with E-state index >= 15 is 0 Å². The molecule has 0 fully saturated rings. The molecule has 1 N–H and O–H groups in total. The summed E-state index contributed by atoms with van der Waals surface area (Å²) in [6.07, 6.45) is 0.153. The van der Waals surface area contributed by atoms with E-state index in [1.165, 1.54) is 23.9 Å². The van der Waals surface area contributed by atoms with Gasteiger partial charge in [0.1, 0.15) is 5.82 Å². The average molecular weight is 214 g/mol. The Kier molecular flexibility index (Phi) is 4.46. The van der Waals surface area contributed by atoms with Crippen LogP contribution in [0.2, 0.25) is 0 Å². The number of thioether (sulfide) groups is 1. The maximum absolute atomic E-state index is 12.7. The van der Waals surface area contributed by atoms with Gasteiger partial charge in [0.25, 0.3) is 0 Å². The molecule has 0 radical (unpaired) electrons. The quantitative estimate of drug-likeness (QED) is 0.765. The van der Waals surface area contributed by atoms with Gasteiger partial charge in [0, 0.05) is 11.5 Å². The first kappa shape index (κ1) is 11.0. The second kappa shape index (κ2) is 5.65. The molecule has 1 aromatic rings. The molecule has 0 spiro atoms. The predicted molar refractivity (Wildman–Crippen MR) is 54.8 cm³/mol. The van der Waals surface area contributed by atoms with Gasteiger partial charge in [-0.15, -0.1) is 0 Å². The fraction of sp³-hybridized carbons (Fsp3) is 0.300. The Morgan fingerprint density at radius 3 is 2.93 bits per heavy atom. The molecule has 4 heteroatoms. The van der Waals surface area contributed by atoms with E-state index in [0.29, 0.717) is 11.5 Å². The third-order valence-corrected chi connectivity index (χ3v) is 2.65. The predicted octanol–water partition coefficient (Wildman–Crippen LogP) is 2.53. The summed E-state index contributed by atoms with van der Waals surface area (Å²) >= 11 is 1.50. The molecule has 0 aromatic heterocycles. The van der Waals surface area contributed by atoms with Gasteiger partial charge in [0.15, 0.2) is 0 Å². The van der Waals surface area contributed by atoms with Crippen LogP contribution in [0, 0.1) is 5.82 Å². The van der Waals surface area contributed by atoms with E-state index in [1.807, 2.05) is 6.07 Å². The van der Waals surface area contributed by atoms with Gasteiger partial charge >= 0.3 is 5.97 Å². The number of benzene rings is 1. The Hall–Kier alpha value is -1.03. The number of rotatable bonds is 5. The van der Waals surface area contributed by atoms with Gasteiger partial charge in [0.2, 0.25) is 0 Å². The fourth-order valence-electron chi connectivity index (χ4n) is 0.976. The zero-order valence-electron chi connectivity index (χ0n) is 7.57. The molecule has 14 heavy (non-hydrogen) atoms.